The third kappa shape index (κ3) is 4.05. The summed E-state index contributed by atoms with van der Waals surface area (Å²) in [6, 6.07) is 6.31. The monoisotopic (exact) mass is 527 g/mol. The zero-order chi connectivity index (χ0) is 28.2. The summed E-state index contributed by atoms with van der Waals surface area (Å²) < 4.78 is 0. The van der Waals surface area contributed by atoms with Crippen LogP contribution in [0.25, 0.3) is 0 Å². The standard InChI is InChI=1S/C35H49N3O/c1-23(2)26-13-17-35(31(39)38-25-10-8-21-37-22-25)19-18-33(6)28(30(26)35)11-12-29-32(5,15-9-20-36)27(24(3)4)14-16-34(29,33)7/h8,10,21-22,26-30H,1,3,9,11-19H2,2,4-7H3,(H,38,39)/t26-,27-,28+,29+,30+,32-,33+,34+,35-/m0/s1. The minimum atomic E-state index is -0.341. The Morgan fingerprint density at radius 2 is 1.82 bits per heavy atom. The van der Waals surface area contributed by atoms with E-state index in [0.29, 0.717) is 36.0 Å². The second-order valence-corrected chi connectivity index (χ2v) is 14.5. The van der Waals surface area contributed by atoms with E-state index in [1.807, 2.05) is 12.1 Å². The van der Waals surface area contributed by atoms with Gasteiger partial charge in [0.2, 0.25) is 5.91 Å². The number of nitriles is 1. The highest BCUT2D eigenvalue weighted by atomic mass is 16.2. The summed E-state index contributed by atoms with van der Waals surface area (Å²) in [5, 5.41) is 12.9. The normalized spacial score (nSPS) is 42.8. The van der Waals surface area contributed by atoms with Crippen molar-refractivity contribution in [2.75, 3.05) is 5.32 Å². The fourth-order valence-electron chi connectivity index (χ4n) is 11.1. The second kappa shape index (κ2) is 9.90. The maximum Gasteiger partial charge on any atom is 0.230 e. The zero-order valence-electron chi connectivity index (χ0n) is 25.0. The predicted molar refractivity (Wildman–Crippen MR) is 158 cm³/mol. The van der Waals surface area contributed by atoms with Crippen molar-refractivity contribution in [3.8, 4) is 6.07 Å². The molecular weight excluding hydrogens is 478 g/mol. The molecule has 0 unspecified atom stereocenters. The van der Waals surface area contributed by atoms with Gasteiger partial charge in [-0.25, -0.2) is 0 Å². The fraction of sp³-hybridized carbons (Fsp3) is 0.686. The number of nitrogens with zero attached hydrogens (tertiary/aromatic N) is 2. The molecule has 4 aliphatic rings. The van der Waals surface area contributed by atoms with Crippen molar-refractivity contribution in [3.63, 3.8) is 0 Å². The molecule has 1 aromatic rings. The summed E-state index contributed by atoms with van der Waals surface area (Å²) in [4.78, 5) is 18.4. The third-order valence-electron chi connectivity index (χ3n) is 13.1. The molecule has 1 aromatic heterocycles. The average Bonchev–Trinajstić information content (AvgIpc) is 3.30. The Morgan fingerprint density at radius 1 is 1.05 bits per heavy atom. The van der Waals surface area contributed by atoms with E-state index in [1.54, 1.807) is 12.4 Å². The van der Waals surface area contributed by atoms with Crippen molar-refractivity contribution in [3.05, 3.63) is 48.8 Å². The van der Waals surface area contributed by atoms with Gasteiger partial charge in [0.25, 0.3) is 0 Å². The van der Waals surface area contributed by atoms with Gasteiger partial charge in [0.1, 0.15) is 0 Å². The predicted octanol–water partition coefficient (Wildman–Crippen LogP) is 8.74. The summed E-state index contributed by atoms with van der Waals surface area (Å²) >= 11 is 0. The van der Waals surface area contributed by atoms with Gasteiger partial charge in [-0.2, -0.15) is 5.26 Å². The lowest BCUT2D eigenvalue weighted by Crippen LogP contribution is -2.65. The number of hydrogen-bond donors (Lipinski definition) is 1. The average molecular weight is 528 g/mol. The number of anilines is 1. The van der Waals surface area contributed by atoms with Gasteiger partial charge in [-0.1, -0.05) is 45.1 Å². The number of amides is 1. The van der Waals surface area contributed by atoms with Gasteiger partial charge in [0, 0.05) is 12.6 Å². The number of carbonyl (C=O) groups is 1. The fourth-order valence-corrected chi connectivity index (χ4v) is 11.1. The van der Waals surface area contributed by atoms with E-state index >= 15 is 0 Å². The maximum absolute atomic E-state index is 14.2. The van der Waals surface area contributed by atoms with Crippen LogP contribution in [0.3, 0.4) is 0 Å². The number of pyridine rings is 1. The summed E-state index contributed by atoms with van der Waals surface area (Å²) in [6.45, 7) is 21.0. The van der Waals surface area contributed by atoms with Crippen LogP contribution in [-0.2, 0) is 4.79 Å². The Kier molecular flexibility index (Phi) is 7.14. The number of fused-ring (bicyclic) bond motifs is 5. The Hall–Kier alpha value is -2.41. The van der Waals surface area contributed by atoms with Gasteiger partial charge in [0.15, 0.2) is 0 Å². The quantitative estimate of drug-likeness (QED) is 0.376. The van der Waals surface area contributed by atoms with E-state index in [-0.39, 0.29) is 27.6 Å². The molecule has 4 fully saturated rings. The van der Waals surface area contributed by atoms with Gasteiger partial charge in [-0.15, -0.1) is 0 Å². The van der Waals surface area contributed by atoms with Crippen molar-refractivity contribution in [2.24, 2.45) is 51.2 Å². The molecule has 9 atom stereocenters. The molecule has 0 saturated heterocycles. The van der Waals surface area contributed by atoms with Crippen LogP contribution in [0.2, 0.25) is 0 Å². The largest absolute Gasteiger partial charge is 0.324 e. The first-order valence-electron chi connectivity index (χ1n) is 15.3. The van der Waals surface area contributed by atoms with Crippen LogP contribution in [0.4, 0.5) is 5.69 Å². The smallest absolute Gasteiger partial charge is 0.230 e. The number of allylic oxidation sites excluding steroid dienone is 2. The zero-order valence-corrected chi connectivity index (χ0v) is 25.0. The highest BCUT2D eigenvalue weighted by Gasteiger charge is 2.70. The van der Waals surface area contributed by atoms with E-state index in [1.165, 1.54) is 24.0 Å². The number of aromatic nitrogens is 1. The van der Waals surface area contributed by atoms with Crippen LogP contribution < -0.4 is 5.32 Å². The molecule has 4 nitrogen and oxygen atoms in total. The van der Waals surface area contributed by atoms with Crippen LogP contribution in [-0.4, -0.2) is 10.9 Å². The van der Waals surface area contributed by atoms with Crippen LogP contribution in [0, 0.1) is 62.6 Å². The van der Waals surface area contributed by atoms with Gasteiger partial charge in [-0.05, 0) is 130 Å². The van der Waals surface area contributed by atoms with Crippen LogP contribution in [0.5, 0.6) is 0 Å². The van der Waals surface area contributed by atoms with E-state index in [0.717, 1.165) is 50.6 Å². The highest BCUT2D eigenvalue weighted by molar-refractivity contribution is 5.96. The van der Waals surface area contributed by atoms with Gasteiger partial charge in [0.05, 0.1) is 23.4 Å². The molecule has 4 heteroatoms. The highest BCUT2D eigenvalue weighted by Crippen LogP contribution is 2.76. The molecule has 0 spiro atoms. The molecule has 0 aromatic carbocycles. The van der Waals surface area contributed by atoms with Crippen molar-refractivity contribution in [1.82, 2.24) is 4.98 Å². The number of rotatable bonds is 6. The first kappa shape index (κ1) is 28.1. The Bertz CT molecular complexity index is 1180. The number of carbonyl (C=O) groups excluding carboxylic acids is 1. The second-order valence-electron chi connectivity index (χ2n) is 14.5. The van der Waals surface area contributed by atoms with E-state index in [4.69, 9.17) is 0 Å². The minimum Gasteiger partial charge on any atom is -0.324 e. The third-order valence-corrected chi connectivity index (χ3v) is 13.1. The number of hydrogen-bond acceptors (Lipinski definition) is 3. The summed E-state index contributed by atoms with van der Waals surface area (Å²) in [5.41, 5.74) is 3.43. The number of nitrogens with one attached hydrogen (secondary N) is 1. The molecule has 0 bridgehead atoms. The van der Waals surface area contributed by atoms with Crippen molar-refractivity contribution >= 4 is 11.6 Å². The summed E-state index contributed by atoms with van der Waals surface area (Å²) in [5.74, 6) is 2.46. The molecule has 4 aliphatic carbocycles. The Morgan fingerprint density at radius 3 is 2.46 bits per heavy atom. The van der Waals surface area contributed by atoms with Crippen molar-refractivity contribution < 1.29 is 4.79 Å². The molecule has 4 saturated carbocycles. The van der Waals surface area contributed by atoms with Crippen LogP contribution in [0.1, 0.15) is 98.8 Å². The molecule has 1 heterocycles. The first-order valence-corrected chi connectivity index (χ1v) is 15.3. The van der Waals surface area contributed by atoms with Crippen molar-refractivity contribution in [2.45, 2.75) is 98.8 Å². The molecule has 1 N–H and O–H groups in total. The van der Waals surface area contributed by atoms with Crippen LogP contribution >= 0.6 is 0 Å². The lowest BCUT2D eigenvalue weighted by molar-refractivity contribution is -0.214. The molecule has 5 rings (SSSR count). The van der Waals surface area contributed by atoms with E-state index in [2.05, 4.69) is 64.1 Å². The summed E-state index contributed by atoms with van der Waals surface area (Å²) in [6.07, 6.45) is 13.9. The Balaban J connectivity index is 1.54. The van der Waals surface area contributed by atoms with Gasteiger partial charge in [-0.3, -0.25) is 9.78 Å². The molecule has 39 heavy (non-hydrogen) atoms. The maximum atomic E-state index is 14.2. The molecular formula is C35H49N3O. The van der Waals surface area contributed by atoms with E-state index in [9.17, 15) is 10.1 Å². The first-order chi connectivity index (χ1) is 18.4. The molecule has 210 valence electrons. The molecule has 0 aliphatic heterocycles. The van der Waals surface area contributed by atoms with E-state index < -0.39 is 0 Å². The lowest BCUT2D eigenvalue weighted by atomic mass is 9.34. The SMILES string of the molecule is C=C(C)[C@@H]1CC[C@]2(C(=O)Nc3cccnc3)CC[C@]3(C)[C@H](CC[C@@H]4[C@@](C)(CCC#N)[C@H](C(=C)C)CC[C@]43C)[C@@H]12. The Labute approximate surface area is 236 Å². The van der Waals surface area contributed by atoms with Gasteiger partial charge >= 0.3 is 0 Å². The van der Waals surface area contributed by atoms with Crippen LogP contribution in [0.15, 0.2) is 48.8 Å². The molecule has 0 radical (unpaired) electrons. The topological polar surface area (TPSA) is 65.8 Å². The molecule has 1 amide bonds. The van der Waals surface area contributed by atoms with Crippen molar-refractivity contribution in [1.29, 1.82) is 5.26 Å². The minimum absolute atomic E-state index is 0.0954. The van der Waals surface area contributed by atoms with Gasteiger partial charge < -0.3 is 5.32 Å². The summed E-state index contributed by atoms with van der Waals surface area (Å²) in [7, 11) is 0. The lowest BCUT2D eigenvalue weighted by Gasteiger charge is -2.70.